The molecule has 0 N–H and O–H groups in total. The minimum Gasteiger partial charge on any atom is -0.334 e. The van der Waals surface area contributed by atoms with E-state index in [4.69, 9.17) is 0 Å². The van der Waals surface area contributed by atoms with E-state index in [9.17, 15) is 0 Å². The van der Waals surface area contributed by atoms with Crippen molar-refractivity contribution in [3.63, 3.8) is 0 Å². The Balaban J connectivity index is 1.12. The highest BCUT2D eigenvalue weighted by molar-refractivity contribution is 7.34. The zero-order valence-electron chi connectivity index (χ0n) is 61.2. The van der Waals surface area contributed by atoms with E-state index < -0.39 is 0 Å². The highest BCUT2D eigenvalue weighted by atomic mass is 32.1. The van der Waals surface area contributed by atoms with Crippen molar-refractivity contribution in [1.82, 2.24) is 0 Å². The molecule has 4 heterocycles. The molecule has 6 aromatic carbocycles. The molecule has 3 nitrogen and oxygen atoms in total. The van der Waals surface area contributed by atoms with Gasteiger partial charge in [-0.2, -0.15) is 0 Å². The number of rotatable bonds is 3. The fourth-order valence-electron chi connectivity index (χ4n) is 21.5. The van der Waals surface area contributed by atoms with E-state index in [-0.39, 0.29) is 66.4 Å². The van der Waals surface area contributed by atoms with Gasteiger partial charge in [-0.25, -0.2) is 0 Å². The smallest absolute Gasteiger partial charge is 0.265 e. The molecule has 9 aliphatic rings. The van der Waals surface area contributed by atoms with Crippen molar-refractivity contribution in [1.29, 1.82) is 0 Å². The third-order valence-corrected chi connectivity index (χ3v) is 29.2. The van der Waals surface area contributed by atoms with Crippen molar-refractivity contribution in [2.75, 3.05) is 14.7 Å². The molecule has 3 aliphatic heterocycles. The SMILES string of the molecule is Cc1cc(C)c2c(c1)N(c1cc3c4c(c1)N(c1cc5c(cc1C)C(C)(C)CCC5(C)C)c1c(sc5cc6c(cc15)C(C)(C)CCC6(C)C)B4C1=C(N3c3cc4c(cc3C)C(C)(C)CCC4(C)C)C(C)(C)c3cc4c(cc31)C(C)(C)CCC4(C)C)C1(C)CCCCC21C. The van der Waals surface area contributed by atoms with Crippen LogP contribution in [0.1, 0.15) is 299 Å². The summed E-state index contributed by atoms with van der Waals surface area (Å²) in [6, 6.07) is 32.6. The topological polar surface area (TPSA) is 9.72 Å². The fraction of sp³-hybridized carbons (Fsp3) is 0.540. The quantitative estimate of drug-likeness (QED) is 0.163. The van der Waals surface area contributed by atoms with E-state index in [0.29, 0.717) is 0 Å². The maximum Gasteiger partial charge on any atom is 0.265 e. The second-order valence-corrected chi connectivity index (χ2v) is 39.2. The molecule has 0 bridgehead atoms. The van der Waals surface area contributed by atoms with Gasteiger partial charge in [-0.05, 0) is 279 Å². The van der Waals surface area contributed by atoms with Crippen LogP contribution in [0, 0.1) is 27.7 Å². The molecule has 92 heavy (non-hydrogen) atoms. The van der Waals surface area contributed by atoms with Gasteiger partial charge in [0.25, 0.3) is 6.71 Å². The minimum atomic E-state index is -0.362. The molecule has 6 aliphatic carbocycles. The van der Waals surface area contributed by atoms with Crippen LogP contribution >= 0.6 is 11.3 Å². The van der Waals surface area contributed by atoms with Crippen molar-refractivity contribution in [3.05, 3.63) is 162 Å². The first kappa shape index (κ1) is 61.4. The van der Waals surface area contributed by atoms with Crippen LogP contribution in [0.25, 0.3) is 15.6 Å². The van der Waals surface area contributed by atoms with Gasteiger partial charge in [0.15, 0.2) is 0 Å². The first-order valence-corrected chi connectivity index (χ1v) is 37.1. The molecule has 5 heteroatoms. The van der Waals surface area contributed by atoms with Crippen LogP contribution in [0.5, 0.6) is 0 Å². The fourth-order valence-corrected chi connectivity index (χ4v) is 22.8. The van der Waals surface area contributed by atoms with Gasteiger partial charge in [0.2, 0.25) is 0 Å². The largest absolute Gasteiger partial charge is 0.334 e. The van der Waals surface area contributed by atoms with E-state index in [1.807, 2.05) is 0 Å². The molecule has 7 aromatic rings. The molecule has 16 rings (SSSR count). The average molecular weight is 1240 g/mol. The number of thiophene rings is 1. The molecular weight excluding hydrogens is 1130 g/mol. The highest BCUT2D eigenvalue weighted by Crippen LogP contribution is 2.66. The van der Waals surface area contributed by atoms with Crippen LogP contribution in [0.3, 0.4) is 0 Å². The van der Waals surface area contributed by atoms with Crippen LogP contribution < -0.4 is 24.9 Å². The van der Waals surface area contributed by atoms with Gasteiger partial charge in [0, 0.05) is 65.5 Å². The summed E-state index contributed by atoms with van der Waals surface area (Å²) in [6.45, 7) is 60.9. The Morgan fingerprint density at radius 3 is 1.34 bits per heavy atom. The number of allylic oxidation sites excluding steroid dienone is 1. The second kappa shape index (κ2) is 18.5. The van der Waals surface area contributed by atoms with Crippen LogP contribution in [0.2, 0.25) is 0 Å². The Bertz CT molecular complexity index is 4500. The third kappa shape index (κ3) is 7.93. The Hall–Kier alpha value is -5.52. The number of nitrogens with zero attached hydrogens (tertiary/aromatic N) is 3. The van der Waals surface area contributed by atoms with Crippen molar-refractivity contribution in [2.24, 2.45) is 0 Å². The third-order valence-electron chi connectivity index (χ3n) is 28.0. The maximum absolute atomic E-state index is 2.96. The lowest BCUT2D eigenvalue weighted by Crippen LogP contribution is -2.56. The van der Waals surface area contributed by atoms with Crippen LogP contribution in [-0.2, 0) is 54.1 Å². The van der Waals surface area contributed by atoms with Gasteiger partial charge in [0.05, 0.1) is 11.2 Å². The van der Waals surface area contributed by atoms with Gasteiger partial charge in [-0.1, -0.05) is 175 Å². The summed E-state index contributed by atoms with van der Waals surface area (Å²) in [5.41, 5.74) is 36.4. The molecule has 1 fully saturated rings. The Kier molecular flexibility index (Phi) is 12.4. The van der Waals surface area contributed by atoms with Gasteiger partial charge in [0.1, 0.15) is 0 Å². The zero-order valence-corrected chi connectivity index (χ0v) is 62.1. The van der Waals surface area contributed by atoms with Gasteiger partial charge < -0.3 is 14.7 Å². The van der Waals surface area contributed by atoms with Crippen molar-refractivity contribution < 1.29 is 0 Å². The second-order valence-electron chi connectivity index (χ2n) is 38.1. The number of anilines is 7. The number of hydrogen-bond acceptors (Lipinski definition) is 4. The molecule has 1 saturated carbocycles. The van der Waals surface area contributed by atoms with Crippen LogP contribution in [-0.4, -0.2) is 12.3 Å². The molecule has 2 atom stereocenters. The van der Waals surface area contributed by atoms with E-state index in [0.717, 1.165) is 6.42 Å². The maximum atomic E-state index is 2.96. The Labute approximate surface area is 559 Å². The predicted octanol–water partition coefficient (Wildman–Crippen LogP) is 23.1. The van der Waals surface area contributed by atoms with Crippen LogP contribution in [0.15, 0.2) is 78.5 Å². The lowest BCUT2D eigenvalue weighted by molar-refractivity contribution is 0.194. The Morgan fingerprint density at radius 2 is 0.815 bits per heavy atom. The molecule has 1 aromatic heterocycles. The van der Waals surface area contributed by atoms with E-state index in [1.54, 1.807) is 27.8 Å². The molecule has 0 spiro atoms. The lowest BCUT2D eigenvalue weighted by Gasteiger charge is -2.51. The summed E-state index contributed by atoms with van der Waals surface area (Å²) >= 11 is 2.15. The summed E-state index contributed by atoms with van der Waals surface area (Å²) in [7, 11) is 0. The number of fused-ring (bicyclic) bond motifs is 14. The van der Waals surface area contributed by atoms with E-state index >= 15 is 0 Å². The molecule has 0 saturated heterocycles. The summed E-state index contributed by atoms with van der Waals surface area (Å²) in [6.07, 6.45) is 14.3. The first-order chi connectivity index (χ1) is 42.7. The standard InChI is InChI=1S/C87H108BN3S/c1-49-37-52(4)71-67(38-49)91(87(24)28-26-25-27-86(71,87)23)53-41-68-73-69(42-53)90(66-47-63-58(40-51(66)3)78(7,8)30-35-83(63,17)18)75-72(54-43-59-61(45-56(54)85(75,21)22)81(13,14)33-31-79(59,9)10)88(73)76-74(55-44-60-64(48-70(55)92-76)84(19,20)36-32-80(60,11)12)89(68)65-46-62-57(39-50(65)2)77(5,6)29-34-82(62,15)16/h37-48H,25-36H2,1-24H3. The van der Waals surface area contributed by atoms with Gasteiger partial charge >= 0.3 is 0 Å². The van der Waals surface area contributed by atoms with Crippen molar-refractivity contribution in [2.45, 2.75) is 303 Å². The number of benzene rings is 6. The first-order valence-electron chi connectivity index (χ1n) is 36.3. The van der Waals surface area contributed by atoms with E-state index in [2.05, 4.69) is 265 Å². The van der Waals surface area contributed by atoms with Gasteiger partial charge in [-0.15, -0.1) is 11.3 Å². The van der Waals surface area contributed by atoms with Gasteiger partial charge in [-0.3, -0.25) is 0 Å². The van der Waals surface area contributed by atoms with E-state index in [1.165, 1.54) is 198 Å². The van der Waals surface area contributed by atoms with Crippen LogP contribution in [0.4, 0.5) is 39.8 Å². The Morgan fingerprint density at radius 1 is 0.380 bits per heavy atom. The van der Waals surface area contributed by atoms with Crippen molar-refractivity contribution in [3.8, 4) is 0 Å². The molecule has 2 unspecified atom stereocenters. The minimum absolute atomic E-state index is 0.0135. The lowest BCUT2D eigenvalue weighted by atomic mass is 9.35. The average Bonchev–Trinajstić information content (AvgIpc) is 1.51. The summed E-state index contributed by atoms with van der Waals surface area (Å²) in [5, 5.41) is 1.43. The number of aryl methyl sites for hydroxylation is 4. The highest BCUT2D eigenvalue weighted by Gasteiger charge is 2.61. The molecule has 480 valence electrons. The summed E-state index contributed by atoms with van der Waals surface area (Å²) in [5.74, 6) is 0. The molecule has 0 amide bonds. The molecular formula is C87H108BN3S. The normalized spacial score (nSPS) is 26.0. The molecule has 0 radical (unpaired) electrons. The monoisotopic (exact) mass is 1240 g/mol. The summed E-state index contributed by atoms with van der Waals surface area (Å²) in [4.78, 5) is 8.85. The number of hydrogen-bond donors (Lipinski definition) is 0. The summed E-state index contributed by atoms with van der Waals surface area (Å²) < 4.78 is 2.95. The predicted molar refractivity (Wildman–Crippen MR) is 399 cm³/mol. The zero-order chi connectivity index (χ0) is 65.7. The van der Waals surface area contributed by atoms with Crippen molar-refractivity contribution >= 4 is 83.7 Å².